The van der Waals surface area contributed by atoms with Crippen LogP contribution in [0.25, 0.3) is 0 Å². The van der Waals surface area contributed by atoms with Crippen molar-refractivity contribution in [3.8, 4) is 0 Å². The highest BCUT2D eigenvalue weighted by molar-refractivity contribution is 6.10. The van der Waals surface area contributed by atoms with Gasteiger partial charge in [0.15, 0.2) is 0 Å². The molecule has 0 bridgehead atoms. The first kappa shape index (κ1) is 20.3. The van der Waals surface area contributed by atoms with Gasteiger partial charge in [0.05, 0.1) is 6.61 Å². The molecule has 31 heavy (non-hydrogen) atoms. The van der Waals surface area contributed by atoms with E-state index < -0.39 is 12.1 Å². The van der Waals surface area contributed by atoms with Crippen LogP contribution in [-0.2, 0) is 14.3 Å². The summed E-state index contributed by atoms with van der Waals surface area (Å²) in [5.41, 5.74) is 2.13. The fraction of sp³-hybridized carbons (Fsp3) is 0.120. The van der Waals surface area contributed by atoms with Crippen molar-refractivity contribution in [1.82, 2.24) is 0 Å². The summed E-state index contributed by atoms with van der Waals surface area (Å²) in [7, 11) is 0. The Kier molecular flexibility index (Phi) is 5.80. The number of ether oxygens (including phenoxy) is 1. The molecule has 0 N–H and O–H groups in total. The third kappa shape index (κ3) is 4.05. The summed E-state index contributed by atoms with van der Waals surface area (Å²) in [5, 5.41) is 0. The summed E-state index contributed by atoms with van der Waals surface area (Å²) < 4.78 is 18.9. The van der Waals surface area contributed by atoms with Gasteiger partial charge < -0.3 is 9.64 Å². The number of esters is 1. The number of benzene rings is 3. The van der Waals surface area contributed by atoms with E-state index in [1.807, 2.05) is 60.7 Å². The minimum absolute atomic E-state index is 0.125. The Bertz CT molecular complexity index is 1100. The number of nitrogens with zero attached hydrogens (tertiary/aromatic N) is 2. The number of carbonyl (C=O) groups is 2. The molecular weight excluding hydrogens is 395 g/mol. The lowest BCUT2D eigenvalue weighted by Crippen LogP contribution is -2.50. The van der Waals surface area contributed by atoms with Crippen LogP contribution in [0.1, 0.15) is 18.7 Å². The number of hydrogen-bond donors (Lipinski definition) is 0. The predicted octanol–water partition coefficient (Wildman–Crippen LogP) is 4.82. The van der Waals surface area contributed by atoms with E-state index in [1.54, 1.807) is 28.9 Å². The highest BCUT2D eigenvalue weighted by Gasteiger charge is 2.40. The predicted molar refractivity (Wildman–Crippen MR) is 117 cm³/mol. The maximum Gasteiger partial charge on any atom is 0.355 e. The molecule has 1 unspecified atom stereocenters. The maximum atomic E-state index is 13.7. The zero-order chi connectivity index (χ0) is 21.8. The van der Waals surface area contributed by atoms with Gasteiger partial charge in [0.2, 0.25) is 0 Å². The molecule has 1 amide bonds. The van der Waals surface area contributed by atoms with Crippen LogP contribution in [0.2, 0.25) is 0 Å². The van der Waals surface area contributed by atoms with Crippen LogP contribution >= 0.6 is 0 Å². The van der Waals surface area contributed by atoms with Crippen LogP contribution < -0.4 is 9.80 Å². The Morgan fingerprint density at radius 1 is 0.871 bits per heavy atom. The second-order valence-corrected chi connectivity index (χ2v) is 6.92. The number of carbonyl (C=O) groups excluding carboxylic acids is 2. The van der Waals surface area contributed by atoms with Crippen LogP contribution in [-0.4, -0.2) is 18.5 Å². The molecule has 6 heteroatoms. The minimum Gasteiger partial charge on any atom is -0.461 e. The standard InChI is InChI=1S/C25H21FN2O3/c1-2-31-25(30)22-17-23(29)28(21-11-7-4-8-12-21)24(18-13-15-19(26)16-14-18)27(22)20-9-5-3-6-10-20/h3-17,24H,2H2,1H3. The highest BCUT2D eigenvalue weighted by Crippen LogP contribution is 2.40. The molecule has 3 aromatic carbocycles. The molecule has 1 heterocycles. The van der Waals surface area contributed by atoms with E-state index >= 15 is 0 Å². The van der Waals surface area contributed by atoms with Crippen LogP contribution in [0.5, 0.6) is 0 Å². The Morgan fingerprint density at radius 3 is 1.97 bits per heavy atom. The molecule has 1 atom stereocenters. The van der Waals surface area contributed by atoms with Gasteiger partial charge in [-0.1, -0.05) is 48.5 Å². The first-order valence-corrected chi connectivity index (χ1v) is 9.97. The molecule has 156 valence electrons. The Hall–Kier alpha value is -3.93. The molecule has 4 rings (SSSR count). The summed E-state index contributed by atoms with van der Waals surface area (Å²) in [6, 6.07) is 24.4. The lowest BCUT2D eigenvalue weighted by molar-refractivity contribution is -0.139. The Balaban J connectivity index is 1.95. The second kappa shape index (κ2) is 8.83. The minimum atomic E-state index is -0.720. The van der Waals surface area contributed by atoms with Crippen molar-refractivity contribution in [2.45, 2.75) is 13.1 Å². The average Bonchev–Trinajstić information content (AvgIpc) is 2.80. The van der Waals surface area contributed by atoms with Crippen LogP contribution in [0, 0.1) is 5.82 Å². The molecule has 0 radical (unpaired) electrons. The number of rotatable bonds is 5. The number of halogens is 1. The van der Waals surface area contributed by atoms with E-state index in [-0.39, 0.29) is 24.0 Å². The molecule has 3 aromatic rings. The number of para-hydroxylation sites is 2. The fourth-order valence-electron chi connectivity index (χ4n) is 3.65. The van der Waals surface area contributed by atoms with E-state index in [0.29, 0.717) is 16.9 Å². The summed E-state index contributed by atoms with van der Waals surface area (Å²) in [6.07, 6.45) is 0.570. The first-order valence-electron chi connectivity index (χ1n) is 9.97. The third-order valence-corrected chi connectivity index (χ3v) is 4.97. The van der Waals surface area contributed by atoms with Gasteiger partial charge in [-0.05, 0) is 48.9 Å². The average molecular weight is 416 g/mol. The van der Waals surface area contributed by atoms with E-state index in [4.69, 9.17) is 4.74 Å². The normalized spacial score (nSPS) is 16.1. The van der Waals surface area contributed by atoms with Crippen molar-refractivity contribution in [1.29, 1.82) is 0 Å². The molecule has 1 aliphatic rings. The zero-order valence-corrected chi connectivity index (χ0v) is 16.9. The Labute approximate surface area is 180 Å². The van der Waals surface area contributed by atoms with E-state index in [1.165, 1.54) is 18.2 Å². The summed E-state index contributed by atoms with van der Waals surface area (Å²) >= 11 is 0. The zero-order valence-electron chi connectivity index (χ0n) is 16.9. The van der Waals surface area contributed by atoms with Gasteiger partial charge in [-0.25, -0.2) is 9.18 Å². The molecule has 0 saturated heterocycles. The van der Waals surface area contributed by atoms with Crippen molar-refractivity contribution in [3.63, 3.8) is 0 Å². The SMILES string of the molecule is CCOC(=O)C1=CC(=O)N(c2ccccc2)C(c2ccc(F)cc2)N1c1ccccc1. The van der Waals surface area contributed by atoms with Crippen LogP contribution in [0.15, 0.2) is 96.7 Å². The summed E-state index contributed by atoms with van der Waals surface area (Å²) in [6.45, 7) is 1.89. The smallest absolute Gasteiger partial charge is 0.355 e. The monoisotopic (exact) mass is 416 g/mol. The van der Waals surface area contributed by atoms with Gasteiger partial charge in [-0.2, -0.15) is 0 Å². The molecular formula is C25H21FN2O3. The molecule has 0 saturated carbocycles. The van der Waals surface area contributed by atoms with Crippen molar-refractivity contribution in [3.05, 3.63) is 108 Å². The van der Waals surface area contributed by atoms with E-state index in [9.17, 15) is 14.0 Å². The van der Waals surface area contributed by atoms with Gasteiger partial charge in [0.25, 0.3) is 5.91 Å². The lowest BCUT2D eigenvalue weighted by Gasteiger charge is -2.44. The topological polar surface area (TPSA) is 49.9 Å². The van der Waals surface area contributed by atoms with Gasteiger partial charge >= 0.3 is 5.97 Å². The van der Waals surface area contributed by atoms with Crippen molar-refractivity contribution in [2.24, 2.45) is 0 Å². The first-order chi connectivity index (χ1) is 15.1. The van der Waals surface area contributed by atoms with Crippen molar-refractivity contribution < 1.29 is 18.7 Å². The molecule has 0 aliphatic carbocycles. The van der Waals surface area contributed by atoms with Crippen molar-refractivity contribution >= 4 is 23.3 Å². The summed E-state index contributed by atoms with van der Waals surface area (Å²) in [5.74, 6) is -1.35. The maximum absolute atomic E-state index is 13.7. The lowest BCUT2D eigenvalue weighted by atomic mass is 10.0. The largest absolute Gasteiger partial charge is 0.461 e. The van der Waals surface area contributed by atoms with Crippen LogP contribution in [0.3, 0.4) is 0 Å². The molecule has 0 spiro atoms. The van der Waals surface area contributed by atoms with Gasteiger partial charge in [-0.3, -0.25) is 9.69 Å². The molecule has 5 nitrogen and oxygen atoms in total. The molecule has 0 aromatic heterocycles. The second-order valence-electron chi connectivity index (χ2n) is 6.92. The fourth-order valence-corrected chi connectivity index (χ4v) is 3.65. The van der Waals surface area contributed by atoms with Gasteiger partial charge in [0, 0.05) is 17.5 Å². The quantitative estimate of drug-likeness (QED) is 0.560. The summed E-state index contributed by atoms with van der Waals surface area (Å²) in [4.78, 5) is 29.5. The van der Waals surface area contributed by atoms with Gasteiger partial charge in [0.1, 0.15) is 17.7 Å². The van der Waals surface area contributed by atoms with Gasteiger partial charge in [-0.15, -0.1) is 0 Å². The number of hydrogen-bond acceptors (Lipinski definition) is 4. The van der Waals surface area contributed by atoms with Crippen molar-refractivity contribution in [2.75, 3.05) is 16.4 Å². The van der Waals surface area contributed by atoms with E-state index in [0.717, 1.165) is 0 Å². The van der Waals surface area contributed by atoms with E-state index in [2.05, 4.69) is 0 Å². The van der Waals surface area contributed by atoms with Crippen LogP contribution in [0.4, 0.5) is 15.8 Å². The molecule has 1 aliphatic heterocycles. The highest BCUT2D eigenvalue weighted by atomic mass is 19.1. The molecule has 0 fully saturated rings. The number of amides is 1. The Morgan fingerprint density at radius 2 is 1.42 bits per heavy atom. The number of anilines is 2. The third-order valence-electron chi connectivity index (χ3n) is 4.97.